The SMILES string of the molecule is Cc1cc(S(C)(=O)=O)cc(C(=O)N2CCN(C3CCNC3)CC2)c1C. The molecule has 1 unspecified atom stereocenters. The predicted octanol–water partition coefficient (Wildman–Crippen LogP) is 0.827. The number of sulfone groups is 1. The second-order valence-electron chi connectivity index (χ2n) is 7.16. The minimum atomic E-state index is -3.33. The highest BCUT2D eigenvalue weighted by atomic mass is 32.2. The Balaban J connectivity index is 1.76. The average molecular weight is 365 g/mol. The van der Waals surface area contributed by atoms with Crippen LogP contribution in [-0.2, 0) is 9.84 Å². The van der Waals surface area contributed by atoms with Gasteiger partial charge in [-0.05, 0) is 50.1 Å². The van der Waals surface area contributed by atoms with Crippen molar-refractivity contribution in [2.45, 2.75) is 31.2 Å². The number of piperazine rings is 1. The highest BCUT2D eigenvalue weighted by molar-refractivity contribution is 7.90. The van der Waals surface area contributed by atoms with E-state index >= 15 is 0 Å². The van der Waals surface area contributed by atoms with E-state index in [2.05, 4.69) is 10.2 Å². The first-order chi connectivity index (χ1) is 11.8. The van der Waals surface area contributed by atoms with Crippen molar-refractivity contribution in [3.8, 4) is 0 Å². The largest absolute Gasteiger partial charge is 0.336 e. The molecule has 2 fully saturated rings. The van der Waals surface area contributed by atoms with Crippen LogP contribution in [0.2, 0.25) is 0 Å². The zero-order chi connectivity index (χ0) is 18.2. The first-order valence-corrected chi connectivity index (χ1v) is 10.7. The Labute approximate surface area is 150 Å². The van der Waals surface area contributed by atoms with Gasteiger partial charge >= 0.3 is 0 Å². The fourth-order valence-corrected chi connectivity index (χ4v) is 4.40. The fourth-order valence-electron chi connectivity index (χ4n) is 3.67. The van der Waals surface area contributed by atoms with Gasteiger partial charge < -0.3 is 10.2 Å². The lowest BCUT2D eigenvalue weighted by atomic mass is 10.0. The Hall–Kier alpha value is -1.44. The number of rotatable bonds is 3. The van der Waals surface area contributed by atoms with Crippen molar-refractivity contribution < 1.29 is 13.2 Å². The van der Waals surface area contributed by atoms with Crippen LogP contribution in [0.1, 0.15) is 27.9 Å². The lowest BCUT2D eigenvalue weighted by Gasteiger charge is -2.38. The summed E-state index contributed by atoms with van der Waals surface area (Å²) in [5, 5.41) is 3.38. The molecule has 7 heteroatoms. The van der Waals surface area contributed by atoms with Crippen LogP contribution in [-0.4, -0.2) is 75.7 Å². The van der Waals surface area contributed by atoms with Crippen LogP contribution in [0.3, 0.4) is 0 Å². The number of amides is 1. The zero-order valence-electron chi connectivity index (χ0n) is 15.2. The number of nitrogens with one attached hydrogen (secondary N) is 1. The monoisotopic (exact) mass is 365 g/mol. The maximum atomic E-state index is 13.0. The van der Waals surface area contributed by atoms with Gasteiger partial charge in [-0.1, -0.05) is 0 Å². The summed E-state index contributed by atoms with van der Waals surface area (Å²) >= 11 is 0. The third kappa shape index (κ3) is 3.88. The molecule has 3 rings (SSSR count). The smallest absolute Gasteiger partial charge is 0.254 e. The number of hydrogen-bond acceptors (Lipinski definition) is 5. The van der Waals surface area contributed by atoms with E-state index < -0.39 is 9.84 Å². The Bertz CT molecular complexity index is 762. The zero-order valence-corrected chi connectivity index (χ0v) is 16.0. The molecule has 25 heavy (non-hydrogen) atoms. The molecule has 6 nitrogen and oxygen atoms in total. The predicted molar refractivity (Wildman–Crippen MR) is 97.8 cm³/mol. The van der Waals surface area contributed by atoms with E-state index in [4.69, 9.17) is 0 Å². The van der Waals surface area contributed by atoms with Gasteiger partial charge in [0.1, 0.15) is 0 Å². The van der Waals surface area contributed by atoms with Crippen LogP contribution in [0.4, 0.5) is 0 Å². The van der Waals surface area contributed by atoms with Crippen LogP contribution in [0.5, 0.6) is 0 Å². The summed E-state index contributed by atoms with van der Waals surface area (Å²) in [7, 11) is -3.33. The van der Waals surface area contributed by atoms with E-state index in [1.807, 2.05) is 18.7 Å². The summed E-state index contributed by atoms with van der Waals surface area (Å²) in [6.07, 6.45) is 2.35. The number of carbonyl (C=O) groups excluding carboxylic acids is 1. The van der Waals surface area contributed by atoms with Gasteiger partial charge in [-0.15, -0.1) is 0 Å². The van der Waals surface area contributed by atoms with E-state index in [1.54, 1.807) is 6.07 Å². The van der Waals surface area contributed by atoms with Crippen molar-refractivity contribution in [2.75, 3.05) is 45.5 Å². The van der Waals surface area contributed by atoms with Gasteiger partial charge in [-0.3, -0.25) is 9.69 Å². The van der Waals surface area contributed by atoms with E-state index in [0.29, 0.717) is 24.7 Å². The molecule has 2 aliphatic rings. The third-order valence-corrected chi connectivity index (χ3v) is 6.54. The number of hydrogen-bond donors (Lipinski definition) is 1. The van der Waals surface area contributed by atoms with Gasteiger partial charge in [0, 0.05) is 50.6 Å². The van der Waals surface area contributed by atoms with Gasteiger partial charge in [-0.25, -0.2) is 8.42 Å². The Morgan fingerprint density at radius 2 is 1.84 bits per heavy atom. The van der Waals surface area contributed by atoms with Crippen LogP contribution < -0.4 is 5.32 Å². The molecule has 2 saturated heterocycles. The fraction of sp³-hybridized carbons (Fsp3) is 0.611. The van der Waals surface area contributed by atoms with Crippen molar-refractivity contribution in [1.29, 1.82) is 0 Å². The van der Waals surface area contributed by atoms with E-state index in [0.717, 1.165) is 37.3 Å². The number of aryl methyl sites for hydroxylation is 1. The van der Waals surface area contributed by atoms with Gasteiger partial charge in [0.25, 0.3) is 5.91 Å². The molecule has 0 aromatic heterocycles. The standard InChI is InChI=1S/C18H27N3O3S/c1-13-10-16(25(3,23)24)11-17(14(13)2)18(22)21-8-6-20(7-9-21)15-4-5-19-12-15/h10-11,15,19H,4-9,12H2,1-3H3. The van der Waals surface area contributed by atoms with E-state index in [1.165, 1.54) is 18.7 Å². The van der Waals surface area contributed by atoms with Gasteiger partial charge in [0.15, 0.2) is 9.84 Å². The van der Waals surface area contributed by atoms with Gasteiger partial charge in [0.2, 0.25) is 0 Å². The molecule has 0 saturated carbocycles. The summed E-state index contributed by atoms with van der Waals surface area (Å²) in [6.45, 7) is 8.97. The summed E-state index contributed by atoms with van der Waals surface area (Å²) in [5.74, 6) is -0.0599. The average Bonchev–Trinajstić information content (AvgIpc) is 3.10. The third-order valence-electron chi connectivity index (χ3n) is 5.45. The van der Waals surface area contributed by atoms with Gasteiger partial charge in [-0.2, -0.15) is 0 Å². The van der Waals surface area contributed by atoms with Crippen LogP contribution in [0.25, 0.3) is 0 Å². The molecule has 1 atom stereocenters. The molecule has 2 aliphatic heterocycles. The quantitative estimate of drug-likeness (QED) is 0.859. The number of benzene rings is 1. The molecular formula is C18H27N3O3S. The molecule has 1 aromatic rings. The van der Waals surface area contributed by atoms with Crippen molar-refractivity contribution in [3.05, 3.63) is 28.8 Å². The van der Waals surface area contributed by atoms with Gasteiger partial charge in [0.05, 0.1) is 4.90 Å². The molecule has 0 aliphatic carbocycles. The maximum Gasteiger partial charge on any atom is 0.254 e. The highest BCUT2D eigenvalue weighted by Crippen LogP contribution is 2.22. The highest BCUT2D eigenvalue weighted by Gasteiger charge is 2.29. The summed E-state index contributed by atoms with van der Waals surface area (Å²) in [6, 6.07) is 3.76. The molecule has 1 amide bonds. The van der Waals surface area contributed by atoms with Crippen LogP contribution in [0.15, 0.2) is 17.0 Å². The summed E-state index contributed by atoms with van der Waals surface area (Å²) in [4.78, 5) is 17.5. The van der Waals surface area contributed by atoms with E-state index in [9.17, 15) is 13.2 Å². The van der Waals surface area contributed by atoms with Crippen LogP contribution in [0, 0.1) is 13.8 Å². The molecule has 0 spiro atoms. The molecule has 1 aromatic carbocycles. The molecular weight excluding hydrogens is 338 g/mol. The van der Waals surface area contributed by atoms with E-state index in [-0.39, 0.29) is 10.8 Å². The van der Waals surface area contributed by atoms with Crippen molar-refractivity contribution >= 4 is 15.7 Å². The Morgan fingerprint density at radius 1 is 1.16 bits per heavy atom. The lowest BCUT2D eigenvalue weighted by molar-refractivity contribution is 0.0583. The molecule has 2 heterocycles. The summed E-state index contributed by atoms with van der Waals surface area (Å²) < 4.78 is 23.8. The van der Waals surface area contributed by atoms with Crippen molar-refractivity contribution in [2.24, 2.45) is 0 Å². The number of nitrogens with zero attached hydrogens (tertiary/aromatic N) is 2. The topological polar surface area (TPSA) is 69.7 Å². The Kier molecular flexibility index (Phi) is 5.18. The lowest BCUT2D eigenvalue weighted by Crippen LogP contribution is -2.52. The maximum absolute atomic E-state index is 13.0. The Morgan fingerprint density at radius 3 is 2.40 bits per heavy atom. The molecule has 0 radical (unpaired) electrons. The first kappa shape index (κ1) is 18.4. The van der Waals surface area contributed by atoms with Crippen molar-refractivity contribution in [3.63, 3.8) is 0 Å². The summed E-state index contributed by atoms with van der Waals surface area (Å²) in [5.41, 5.74) is 2.21. The minimum Gasteiger partial charge on any atom is -0.336 e. The normalized spacial score (nSPS) is 22.4. The van der Waals surface area contributed by atoms with Crippen molar-refractivity contribution in [1.82, 2.24) is 15.1 Å². The first-order valence-electron chi connectivity index (χ1n) is 8.82. The molecule has 138 valence electrons. The number of carbonyl (C=O) groups is 1. The second-order valence-corrected chi connectivity index (χ2v) is 9.18. The van der Waals surface area contributed by atoms with Crippen LogP contribution >= 0.6 is 0 Å². The molecule has 1 N–H and O–H groups in total. The molecule has 0 bridgehead atoms. The minimum absolute atomic E-state index is 0.0599. The second kappa shape index (κ2) is 7.05.